The van der Waals surface area contributed by atoms with Gasteiger partial charge in [0.15, 0.2) is 0 Å². The fraction of sp³-hybridized carbons (Fsp3) is 0.176. The number of hydrogen-bond acceptors (Lipinski definition) is 2. The van der Waals surface area contributed by atoms with Crippen LogP contribution in [0.4, 0.5) is 18.9 Å². The van der Waals surface area contributed by atoms with E-state index in [1.807, 2.05) is 24.3 Å². The summed E-state index contributed by atoms with van der Waals surface area (Å²) in [5, 5.41) is 4.46. The molecule has 0 bridgehead atoms. The Morgan fingerprint density at radius 1 is 1.00 bits per heavy atom. The highest BCUT2D eigenvalue weighted by atomic mass is 79.9. The van der Waals surface area contributed by atoms with Gasteiger partial charge in [0, 0.05) is 16.7 Å². The zero-order chi connectivity index (χ0) is 18.4. The summed E-state index contributed by atoms with van der Waals surface area (Å²) in [5.74, 6) is -2.26. The maximum absolute atomic E-state index is 12.2. The van der Waals surface area contributed by atoms with Crippen molar-refractivity contribution in [2.45, 2.75) is 19.1 Å². The van der Waals surface area contributed by atoms with Crippen molar-refractivity contribution in [2.24, 2.45) is 0 Å². The summed E-state index contributed by atoms with van der Waals surface area (Å²) >= 11 is 3.32. The Morgan fingerprint density at radius 3 is 2.36 bits per heavy atom. The number of carbonyl (C=O) groups is 2. The normalized spacial score (nSPS) is 11.0. The maximum atomic E-state index is 12.2. The van der Waals surface area contributed by atoms with Crippen LogP contribution in [-0.4, -0.2) is 18.0 Å². The van der Waals surface area contributed by atoms with E-state index in [4.69, 9.17) is 0 Å². The first-order chi connectivity index (χ1) is 11.7. The van der Waals surface area contributed by atoms with Gasteiger partial charge in [0.2, 0.25) is 5.91 Å². The summed E-state index contributed by atoms with van der Waals surface area (Å²) in [6.45, 7) is -0.284. The highest BCUT2D eigenvalue weighted by Crippen LogP contribution is 2.16. The molecule has 2 aromatic carbocycles. The van der Waals surface area contributed by atoms with E-state index in [0.29, 0.717) is 11.3 Å². The van der Waals surface area contributed by atoms with E-state index < -0.39 is 12.1 Å². The molecule has 2 amide bonds. The van der Waals surface area contributed by atoms with Crippen molar-refractivity contribution < 1.29 is 22.8 Å². The molecule has 0 saturated heterocycles. The van der Waals surface area contributed by atoms with Crippen LogP contribution >= 0.6 is 15.9 Å². The van der Waals surface area contributed by atoms with Crippen molar-refractivity contribution in [1.29, 1.82) is 0 Å². The highest BCUT2D eigenvalue weighted by molar-refractivity contribution is 9.10. The topological polar surface area (TPSA) is 58.2 Å². The molecule has 0 fully saturated rings. The van der Waals surface area contributed by atoms with E-state index >= 15 is 0 Å². The number of benzene rings is 2. The van der Waals surface area contributed by atoms with Crippen LogP contribution in [0.25, 0.3) is 0 Å². The second-order valence-corrected chi connectivity index (χ2v) is 6.15. The van der Waals surface area contributed by atoms with Crippen molar-refractivity contribution in [1.82, 2.24) is 5.32 Å². The predicted octanol–water partition coefficient (Wildman–Crippen LogP) is 3.81. The Morgan fingerprint density at radius 2 is 1.68 bits per heavy atom. The van der Waals surface area contributed by atoms with Gasteiger partial charge in [-0.3, -0.25) is 9.59 Å². The first kappa shape index (κ1) is 19.0. The van der Waals surface area contributed by atoms with Crippen molar-refractivity contribution >= 4 is 33.4 Å². The standard InChI is InChI=1S/C17H14BrF3N2O2/c18-13-5-1-3-11(7-13)9-15(24)23-14-6-2-4-12(8-14)10-22-16(25)17(19,20)21/h1-8H,9-10H2,(H,22,25)(H,23,24). The Bertz CT molecular complexity index is 778. The van der Waals surface area contributed by atoms with Gasteiger partial charge in [-0.1, -0.05) is 40.2 Å². The number of alkyl halides is 3. The van der Waals surface area contributed by atoms with Gasteiger partial charge in [-0.05, 0) is 35.4 Å². The predicted molar refractivity (Wildman–Crippen MR) is 90.8 cm³/mol. The molecule has 0 radical (unpaired) electrons. The van der Waals surface area contributed by atoms with Crippen LogP contribution in [0.5, 0.6) is 0 Å². The molecule has 0 aromatic heterocycles. The minimum absolute atomic E-state index is 0.161. The van der Waals surface area contributed by atoms with Crippen LogP contribution in [0.2, 0.25) is 0 Å². The smallest absolute Gasteiger partial charge is 0.344 e. The minimum Gasteiger partial charge on any atom is -0.344 e. The minimum atomic E-state index is -4.92. The van der Waals surface area contributed by atoms with E-state index in [-0.39, 0.29) is 18.9 Å². The number of anilines is 1. The third kappa shape index (κ3) is 6.22. The lowest BCUT2D eigenvalue weighted by Crippen LogP contribution is -2.36. The molecule has 2 aromatic rings. The number of rotatable bonds is 5. The van der Waals surface area contributed by atoms with Gasteiger partial charge >= 0.3 is 12.1 Å². The highest BCUT2D eigenvalue weighted by Gasteiger charge is 2.38. The fourth-order valence-electron chi connectivity index (χ4n) is 2.08. The van der Waals surface area contributed by atoms with Crippen molar-refractivity contribution in [3.8, 4) is 0 Å². The van der Waals surface area contributed by atoms with Gasteiger partial charge in [0.1, 0.15) is 0 Å². The van der Waals surface area contributed by atoms with E-state index in [0.717, 1.165) is 10.0 Å². The van der Waals surface area contributed by atoms with E-state index in [2.05, 4.69) is 21.2 Å². The quantitative estimate of drug-likeness (QED) is 0.781. The van der Waals surface area contributed by atoms with Gasteiger partial charge in [0.25, 0.3) is 0 Å². The van der Waals surface area contributed by atoms with Crippen molar-refractivity contribution in [2.75, 3.05) is 5.32 Å². The Balaban J connectivity index is 1.94. The first-order valence-corrected chi connectivity index (χ1v) is 8.01. The summed E-state index contributed by atoms with van der Waals surface area (Å²) < 4.78 is 37.4. The van der Waals surface area contributed by atoms with E-state index in [1.165, 1.54) is 6.07 Å². The average Bonchev–Trinajstić information content (AvgIpc) is 2.52. The summed E-state index contributed by atoms with van der Waals surface area (Å²) in [5.41, 5.74) is 1.71. The zero-order valence-electron chi connectivity index (χ0n) is 12.9. The van der Waals surface area contributed by atoms with Crippen LogP contribution < -0.4 is 10.6 Å². The van der Waals surface area contributed by atoms with Gasteiger partial charge in [-0.2, -0.15) is 13.2 Å². The third-order valence-corrected chi connectivity index (χ3v) is 3.67. The molecule has 4 nitrogen and oxygen atoms in total. The van der Waals surface area contributed by atoms with E-state index in [9.17, 15) is 22.8 Å². The van der Waals surface area contributed by atoms with Crippen molar-refractivity contribution in [3.05, 3.63) is 64.1 Å². The summed E-state index contributed by atoms with van der Waals surface area (Å²) in [6, 6.07) is 13.6. The van der Waals surface area contributed by atoms with E-state index in [1.54, 1.807) is 23.5 Å². The summed E-state index contributed by atoms with van der Waals surface area (Å²) in [7, 11) is 0. The van der Waals surface area contributed by atoms with Crippen LogP contribution in [0.1, 0.15) is 11.1 Å². The van der Waals surface area contributed by atoms with Crippen molar-refractivity contribution in [3.63, 3.8) is 0 Å². The van der Waals surface area contributed by atoms with Gasteiger partial charge in [-0.25, -0.2) is 0 Å². The first-order valence-electron chi connectivity index (χ1n) is 7.22. The Kier molecular flexibility index (Phi) is 6.19. The molecule has 0 atom stereocenters. The van der Waals surface area contributed by atoms with Gasteiger partial charge in [-0.15, -0.1) is 0 Å². The lowest BCUT2D eigenvalue weighted by molar-refractivity contribution is -0.173. The van der Waals surface area contributed by atoms with Crippen LogP contribution in [0.15, 0.2) is 53.0 Å². The molecule has 0 aliphatic rings. The average molecular weight is 415 g/mol. The molecular formula is C17H14BrF3N2O2. The lowest BCUT2D eigenvalue weighted by atomic mass is 10.1. The SMILES string of the molecule is O=C(Cc1cccc(Br)c1)Nc1cccc(CNC(=O)C(F)(F)F)c1. The molecule has 0 saturated carbocycles. The second kappa shape index (κ2) is 8.15. The molecule has 0 aliphatic heterocycles. The number of amides is 2. The Labute approximate surface area is 150 Å². The molecule has 8 heteroatoms. The number of carbonyl (C=O) groups excluding carboxylic acids is 2. The molecule has 2 rings (SSSR count). The van der Waals surface area contributed by atoms with Gasteiger partial charge < -0.3 is 10.6 Å². The third-order valence-electron chi connectivity index (χ3n) is 3.17. The lowest BCUT2D eigenvalue weighted by Gasteiger charge is -2.10. The van der Waals surface area contributed by atoms with Gasteiger partial charge in [0.05, 0.1) is 6.42 Å². The van der Waals surface area contributed by atoms with Crippen LogP contribution in [0, 0.1) is 0 Å². The molecule has 25 heavy (non-hydrogen) atoms. The summed E-state index contributed by atoms with van der Waals surface area (Å²) in [6.07, 6.45) is -4.76. The van der Waals surface area contributed by atoms with Crippen LogP contribution in [0.3, 0.4) is 0 Å². The molecule has 2 N–H and O–H groups in total. The Hall–Kier alpha value is -2.35. The molecule has 0 heterocycles. The number of hydrogen-bond donors (Lipinski definition) is 2. The number of nitrogens with one attached hydrogen (secondary N) is 2. The number of halogens is 4. The second-order valence-electron chi connectivity index (χ2n) is 5.24. The molecule has 0 spiro atoms. The van der Waals surface area contributed by atoms with Crippen LogP contribution in [-0.2, 0) is 22.6 Å². The fourth-order valence-corrected chi connectivity index (χ4v) is 2.53. The maximum Gasteiger partial charge on any atom is 0.471 e. The molecular weight excluding hydrogens is 401 g/mol. The summed E-state index contributed by atoms with van der Waals surface area (Å²) in [4.78, 5) is 22.9. The monoisotopic (exact) mass is 414 g/mol. The molecule has 0 unspecified atom stereocenters. The largest absolute Gasteiger partial charge is 0.471 e. The molecule has 0 aliphatic carbocycles. The zero-order valence-corrected chi connectivity index (χ0v) is 14.4. The molecule has 132 valence electrons.